The SMILES string of the molecule is N#Cc1ccc(C(Nc2ccccn2)C(F)(F)F)cc1. The van der Waals surface area contributed by atoms with Gasteiger partial charge in [-0.1, -0.05) is 18.2 Å². The lowest BCUT2D eigenvalue weighted by molar-refractivity contribution is -0.144. The molecule has 1 unspecified atom stereocenters. The van der Waals surface area contributed by atoms with Gasteiger partial charge >= 0.3 is 6.18 Å². The zero-order chi connectivity index (χ0) is 14.6. The number of pyridine rings is 1. The van der Waals surface area contributed by atoms with Crippen LogP contribution in [0.15, 0.2) is 48.7 Å². The lowest BCUT2D eigenvalue weighted by atomic mass is 10.0. The Bertz CT molecular complexity index is 600. The topological polar surface area (TPSA) is 48.7 Å². The standard InChI is InChI=1S/C14H10F3N3/c15-14(16,17)13(20-12-3-1-2-8-19-12)11-6-4-10(9-18)5-7-11/h1-8,13H,(H,19,20). The summed E-state index contributed by atoms with van der Waals surface area (Å²) in [5, 5.41) is 11.0. The van der Waals surface area contributed by atoms with Gasteiger partial charge in [0.2, 0.25) is 0 Å². The minimum absolute atomic E-state index is 0.0298. The second-order valence-corrected chi connectivity index (χ2v) is 4.07. The molecule has 0 aliphatic carbocycles. The molecule has 1 atom stereocenters. The Kier molecular flexibility index (Phi) is 3.89. The fraction of sp³-hybridized carbons (Fsp3) is 0.143. The van der Waals surface area contributed by atoms with Crippen LogP contribution in [0.25, 0.3) is 0 Å². The molecule has 0 aliphatic heterocycles. The van der Waals surface area contributed by atoms with Crippen LogP contribution >= 0.6 is 0 Å². The van der Waals surface area contributed by atoms with E-state index >= 15 is 0 Å². The molecular formula is C14H10F3N3. The first-order valence-corrected chi connectivity index (χ1v) is 5.75. The lowest BCUT2D eigenvalue weighted by Crippen LogP contribution is -2.28. The average Bonchev–Trinajstić information content (AvgIpc) is 2.45. The van der Waals surface area contributed by atoms with E-state index in [1.807, 2.05) is 6.07 Å². The van der Waals surface area contributed by atoms with E-state index in [9.17, 15) is 13.2 Å². The van der Waals surface area contributed by atoms with Gasteiger partial charge in [-0.25, -0.2) is 4.98 Å². The molecule has 2 rings (SSSR count). The smallest absolute Gasteiger partial charge is 0.355 e. The van der Waals surface area contributed by atoms with Crippen LogP contribution in [0, 0.1) is 11.3 Å². The summed E-state index contributed by atoms with van der Waals surface area (Å²) < 4.78 is 39.4. The number of hydrogen-bond acceptors (Lipinski definition) is 3. The molecule has 0 fully saturated rings. The zero-order valence-electron chi connectivity index (χ0n) is 10.2. The van der Waals surface area contributed by atoms with Crippen molar-refractivity contribution in [2.24, 2.45) is 0 Å². The van der Waals surface area contributed by atoms with E-state index in [4.69, 9.17) is 5.26 Å². The van der Waals surface area contributed by atoms with Crippen molar-refractivity contribution in [3.63, 3.8) is 0 Å². The first-order chi connectivity index (χ1) is 9.50. The largest absolute Gasteiger partial charge is 0.412 e. The van der Waals surface area contributed by atoms with Gasteiger partial charge in [0.25, 0.3) is 0 Å². The molecule has 0 saturated heterocycles. The molecule has 0 spiro atoms. The van der Waals surface area contributed by atoms with Crippen molar-refractivity contribution >= 4 is 5.82 Å². The van der Waals surface area contributed by atoms with E-state index in [1.54, 1.807) is 12.1 Å². The Morgan fingerprint density at radius 1 is 1.10 bits per heavy atom. The highest BCUT2D eigenvalue weighted by atomic mass is 19.4. The second-order valence-electron chi connectivity index (χ2n) is 4.07. The van der Waals surface area contributed by atoms with Gasteiger partial charge in [-0.15, -0.1) is 0 Å². The number of aromatic nitrogens is 1. The second kappa shape index (κ2) is 5.61. The summed E-state index contributed by atoms with van der Waals surface area (Å²) in [6.07, 6.45) is -3.06. The number of hydrogen-bond donors (Lipinski definition) is 1. The summed E-state index contributed by atoms with van der Waals surface area (Å²) in [5.74, 6) is 0.138. The van der Waals surface area contributed by atoms with Crippen LogP contribution in [0.4, 0.5) is 19.0 Å². The van der Waals surface area contributed by atoms with Crippen molar-refractivity contribution in [2.75, 3.05) is 5.32 Å². The third-order valence-electron chi connectivity index (χ3n) is 2.66. The van der Waals surface area contributed by atoms with E-state index in [0.717, 1.165) is 0 Å². The van der Waals surface area contributed by atoms with Crippen molar-refractivity contribution in [2.45, 2.75) is 12.2 Å². The number of nitrogens with zero attached hydrogens (tertiary/aromatic N) is 2. The summed E-state index contributed by atoms with van der Waals surface area (Å²) in [7, 11) is 0. The molecule has 0 aliphatic rings. The predicted octanol–water partition coefficient (Wildman–Crippen LogP) is 3.67. The van der Waals surface area contributed by atoms with Gasteiger partial charge in [0.15, 0.2) is 0 Å². The minimum Gasteiger partial charge on any atom is -0.355 e. The normalized spacial score (nSPS) is 12.5. The number of rotatable bonds is 3. The van der Waals surface area contributed by atoms with E-state index < -0.39 is 12.2 Å². The Hall–Kier alpha value is -2.55. The van der Waals surface area contributed by atoms with Gasteiger partial charge < -0.3 is 5.32 Å². The van der Waals surface area contributed by atoms with Gasteiger partial charge in [0, 0.05) is 6.20 Å². The van der Waals surface area contributed by atoms with Crippen LogP contribution < -0.4 is 5.32 Å². The van der Waals surface area contributed by atoms with Gasteiger partial charge in [-0.3, -0.25) is 0 Å². The number of nitriles is 1. The number of nitrogens with one attached hydrogen (secondary N) is 1. The summed E-state index contributed by atoms with van der Waals surface area (Å²) in [6.45, 7) is 0. The van der Waals surface area contributed by atoms with Crippen LogP contribution in [-0.4, -0.2) is 11.2 Å². The molecule has 3 nitrogen and oxygen atoms in total. The summed E-state index contributed by atoms with van der Waals surface area (Å²) in [6, 6.07) is 9.96. The first-order valence-electron chi connectivity index (χ1n) is 5.75. The highest BCUT2D eigenvalue weighted by Crippen LogP contribution is 2.35. The maximum Gasteiger partial charge on any atom is 0.412 e. The number of benzene rings is 1. The lowest BCUT2D eigenvalue weighted by Gasteiger charge is -2.22. The van der Waals surface area contributed by atoms with E-state index in [-0.39, 0.29) is 11.4 Å². The molecule has 0 radical (unpaired) electrons. The van der Waals surface area contributed by atoms with E-state index in [0.29, 0.717) is 5.56 Å². The Balaban J connectivity index is 2.30. The molecule has 2 aromatic rings. The van der Waals surface area contributed by atoms with Gasteiger partial charge in [-0.2, -0.15) is 18.4 Å². The summed E-state index contributed by atoms with van der Waals surface area (Å²) >= 11 is 0. The van der Waals surface area contributed by atoms with Crippen LogP contribution in [0.3, 0.4) is 0 Å². The summed E-state index contributed by atoms with van der Waals surface area (Å²) in [5.41, 5.74) is 0.342. The molecule has 102 valence electrons. The molecule has 20 heavy (non-hydrogen) atoms. The maximum absolute atomic E-state index is 13.1. The molecule has 1 N–H and O–H groups in total. The van der Waals surface area contributed by atoms with Gasteiger partial charge in [0.1, 0.15) is 11.9 Å². The third-order valence-corrected chi connectivity index (χ3v) is 2.66. The Labute approximate surface area is 113 Å². The Morgan fingerprint density at radius 3 is 2.30 bits per heavy atom. The number of alkyl halides is 3. The average molecular weight is 277 g/mol. The van der Waals surface area contributed by atoms with E-state index in [2.05, 4.69) is 10.3 Å². The van der Waals surface area contributed by atoms with Crippen LogP contribution in [0.1, 0.15) is 17.2 Å². The highest BCUT2D eigenvalue weighted by molar-refractivity contribution is 5.40. The Morgan fingerprint density at radius 2 is 1.80 bits per heavy atom. The third kappa shape index (κ3) is 3.26. The summed E-state index contributed by atoms with van der Waals surface area (Å²) in [4.78, 5) is 3.83. The quantitative estimate of drug-likeness (QED) is 0.931. The first kappa shape index (κ1) is 13.9. The number of halogens is 3. The molecular weight excluding hydrogens is 267 g/mol. The van der Waals surface area contributed by atoms with Gasteiger partial charge in [0.05, 0.1) is 11.6 Å². The van der Waals surface area contributed by atoms with Crippen LogP contribution in [0.2, 0.25) is 0 Å². The fourth-order valence-corrected chi connectivity index (χ4v) is 1.70. The molecule has 0 saturated carbocycles. The molecule has 0 amide bonds. The van der Waals surface area contributed by atoms with Crippen molar-refractivity contribution < 1.29 is 13.2 Å². The van der Waals surface area contributed by atoms with E-state index in [1.165, 1.54) is 36.5 Å². The zero-order valence-corrected chi connectivity index (χ0v) is 10.2. The van der Waals surface area contributed by atoms with Crippen LogP contribution in [0.5, 0.6) is 0 Å². The van der Waals surface area contributed by atoms with Crippen LogP contribution in [-0.2, 0) is 0 Å². The van der Waals surface area contributed by atoms with Crippen molar-refractivity contribution in [1.29, 1.82) is 5.26 Å². The number of anilines is 1. The predicted molar refractivity (Wildman–Crippen MR) is 67.8 cm³/mol. The monoisotopic (exact) mass is 277 g/mol. The molecule has 6 heteroatoms. The molecule has 1 heterocycles. The maximum atomic E-state index is 13.1. The fourth-order valence-electron chi connectivity index (χ4n) is 1.70. The molecule has 1 aromatic heterocycles. The van der Waals surface area contributed by atoms with Crippen molar-refractivity contribution in [3.05, 3.63) is 59.8 Å². The van der Waals surface area contributed by atoms with Crippen molar-refractivity contribution in [1.82, 2.24) is 4.98 Å². The van der Waals surface area contributed by atoms with Gasteiger partial charge in [-0.05, 0) is 29.8 Å². The molecule has 0 bridgehead atoms. The minimum atomic E-state index is -4.47. The van der Waals surface area contributed by atoms with Crippen molar-refractivity contribution in [3.8, 4) is 6.07 Å². The molecule has 1 aromatic carbocycles. The highest BCUT2D eigenvalue weighted by Gasteiger charge is 2.41.